The molecule has 0 radical (unpaired) electrons. The van der Waals surface area contributed by atoms with Crippen molar-refractivity contribution in [2.45, 2.75) is 19.9 Å². The molecule has 0 spiro atoms. The Bertz CT molecular complexity index is 751. The maximum absolute atomic E-state index is 13.2. The molecule has 0 fully saturated rings. The van der Waals surface area contributed by atoms with E-state index in [-0.39, 0.29) is 17.5 Å². The summed E-state index contributed by atoms with van der Waals surface area (Å²) in [6.07, 6.45) is 0. The van der Waals surface area contributed by atoms with E-state index in [0.29, 0.717) is 10.9 Å². The molecule has 8 heteroatoms. The summed E-state index contributed by atoms with van der Waals surface area (Å²) < 4.78 is 19.1. The third-order valence-corrected chi connectivity index (χ3v) is 4.48. The first-order valence-electron chi connectivity index (χ1n) is 7.20. The molecule has 1 aromatic heterocycles. The van der Waals surface area contributed by atoms with E-state index in [1.165, 1.54) is 23.5 Å². The molecule has 1 unspecified atom stereocenters. The number of carbonyl (C=O) groups excluding carboxylic acids is 2. The summed E-state index contributed by atoms with van der Waals surface area (Å²) in [5.74, 6) is -2.00. The van der Waals surface area contributed by atoms with E-state index in [1.54, 1.807) is 26.0 Å². The summed E-state index contributed by atoms with van der Waals surface area (Å²) in [6, 6.07) is 6.80. The Morgan fingerprint density at radius 1 is 1.29 bits per heavy atom. The highest BCUT2D eigenvalue weighted by Gasteiger charge is 2.19. The number of nitrogens with one attached hydrogen (secondary N) is 2. The minimum absolute atomic E-state index is 0.164. The molecule has 1 atom stereocenters. The summed E-state index contributed by atoms with van der Waals surface area (Å²) >= 11 is 7.17. The maximum Gasteiger partial charge on any atom is 0.313 e. The van der Waals surface area contributed by atoms with Crippen LogP contribution in [0.1, 0.15) is 24.8 Å². The van der Waals surface area contributed by atoms with Gasteiger partial charge in [0.15, 0.2) is 0 Å². The van der Waals surface area contributed by atoms with E-state index in [9.17, 15) is 14.0 Å². The van der Waals surface area contributed by atoms with E-state index in [2.05, 4.69) is 10.6 Å². The molecule has 128 valence electrons. The van der Waals surface area contributed by atoms with Gasteiger partial charge in [-0.3, -0.25) is 9.59 Å². The second kappa shape index (κ2) is 8.12. The van der Waals surface area contributed by atoms with Crippen LogP contribution in [0.25, 0.3) is 0 Å². The molecule has 2 rings (SSSR count). The van der Waals surface area contributed by atoms with E-state index in [1.807, 2.05) is 0 Å². The Labute approximate surface area is 147 Å². The molecule has 0 aliphatic rings. The lowest BCUT2D eigenvalue weighted by atomic mass is 10.2. The number of halogens is 2. The Hall–Kier alpha value is -2.12. The van der Waals surface area contributed by atoms with Crippen molar-refractivity contribution in [3.05, 3.63) is 45.4 Å². The van der Waals surface area contributed by atoms with Crippen LogP contribution in [-0.4, -0.2) is 18.4 Å². The lowest BCUT2D eigenvalue weighted by Crippen LogP contribution is -2.36. The van der Waals surface area contributed by atoms with Gasteiger partial charge in [-0.25, -0.2) is 4.39 Å². The van der Waals surface area contributed by atoms with Crippen molar-refractivity contribution in [3.8, 4) is 5.75 Å². The summed E-state index contributed by atoms with van der Waals surface area (Å²) in [4.78, 5) is 24.9. The number of benzene rings is 1. The lowest BCUT2D eigenvalue weighted by Gasteiger charge is -2.14. The van der Waals surface area contributed by atoms with Crippen molar-refractivity contribution in [1.29, 1.82) is 0 Å². The van der Waals surface area contributed by atoms with Gasteiger partial charge >= 0.3 is 11.8 Å². The molecule has 0 saturated heterocycles. The van der Waals surface area contributed by atoms with E-state index < -0.39 is 17.6 Å². The molecular formula is C16H16ClFN2O3S. The fraction of sp³-hybridized carbons (Fsp3) is 0.250. The molecule has 24 heavy (non-hydrogen) atoms. The molecule has 0 saturated carbocycles. The maximum atomic E-state index is 13.2. The van der Waals surface area contributed by atoms with E-state index in [4.69, 9.17) is 16.3 Å². The number of carbonyl (C=O) groups is 2. The SMILES string of the molecule is CCOc1cc(F)ccc1NC(=O)C(=O)NC(C)c1ccc(Cl)s1. The number of ether oxygens (including phenoxy) is 1. The minimum Gasteiger partial charge on any atom is -0.492 e. The van der Waals surface area contributed by atoms with E-state index >= 15 is 0 Å². The number of rotatable bonds is 5. The van der Waals surface area contributed by atoms with Crippen molar-refractivity contribution >= 4 is 40.4 Å². The second-order valence-electron chi connectivity index (χ2n) is 4.86. The molecular weight excluding hydrogens is 355 g/mol. The van der Waals surface area contributed by atoms with Crippen LogP contribution in [0.5, 0.6) is 5.75 Å². The Morgan fingerprint density at radius 3 is 2.67 bits per heavy atom. The van der Waals surface area contributed by atoms with Crippen LogP contribution in [-0.2, 0) is 9.59 Å². The molecule has 0 bridgehead atoms. The highest BCUT2D eigenvalue weighted by molar-refractivity contribution is 7.16. The molecule has 2 aromatic rings. The van der Waals surface area contributed by atoms with Gasteiger partial charge in [0.05, 0.1) is 22.7 Å². The Balaban J connectivity index is 2.02. The predicted molar refractivity (Wildman–Crippen MR) is 92.1 cm³/mol. The fourth-order valence-electron chi connectivity index (χ4n) is 1.95. The molecule has 0 aliphatic carbocycles. The first-order chi connectivity index (χ1) is 11.4. The minimum atomic E-state index is -0.864. The van der Waals surface area contributed by atoms with Gasteiger partial charge in [-0.05, 0) is 38.1 Å². The van der Waals surface area contributed by atoms with Crippen LogP contribution in [0.2, 0.25) is 4.34 Å². The number of anilines is 1. The van der Waals surface area contributed by atoms with Gasteiger partial charge in [0.2, 0.25) is 0 Å². The molecule has 2 amide bonds. The third kappa shape index (κ3) is 4.69. The monoisotopic (exact) mass is 370 g/mol. The Morgan fingerprint density at radius 2 is 2.04 bits per heavy atom. The quantitative estimate of drug-likeness (QED) is 0.787. The molecule has 2 N–H and O–H groups in total. The number of amides is 2. The predicted octanol–water partition coefficient (Wildman–Crippen LogP) is 3.76. The van der Waals surface area contributed by atoms with Crippen LogP contribution in [0.3, 0.4) is 0 Å². The fourth-order valence-corrected chi connectivity index (χ4v) is 3.01. The second-order valence-corrected chi connectivity index (χ2v) is 6.61. The first-order valence-corrected chi connectivity index (χ1v) is 8.39. The average molecular weight is 371 g/mol. The van der Waals surface area contributed by atoms with Crippen molar-refractivity contribution < 1.29 is 18.7 Å². The summed E-state index contributed by atoms with van der Waals surface area (Å²) in [5.41, 5.74) is 0.227. The summed E-state index contributed by atoms with van der Waals surface area (Å²) in [5, 5.41) is 5.00. The zero-order valence-electron chi connectivity index (χ0n) is 13.1. The van der Waals surface area contributed by atoms with Crippen LogP contribution >= 0.6 is 22.9 Å². The number of thiophene rings is 1. The van der Waals surface area contributed by atoms with Gasteiger partial charge in [-0.2, -0.15) is 0 Å². The van der Waals surface area contributed by atoms with Gasteiger partial charge < -0.3 is 15.4 Å². The topological polar surface area (TPSA) is 67.4 Å². The lowest BCUT2D eigenvalue weighted by molar-refractivity contribution is -0.136. The average Bonchev–Trinajstić information content (AvgIpc) is 2.96. The van der Waals surface area contributed by atoms with Crippen molar-refractivity contribution in [2.24, 2.45) is 0 Å². The van der Waals surface area contributed by atoms with Gasteiger partial charge in [0.25, 0.3) is 0 Å². The van der Waals surface area contributed by atoms with E-state index in [0.717, 1.165) is 10.9 Å². The standard InChI is InChI=1S/C16H16ClFN2O3S/c1-3-23-12-8-10(18)4-5-11(12)20-16(22)15(21)19-9(2)13-6-7-14(17)24-13/h4-9H,3H2,1-2H3,(H,19,21)(H,20,22). The number of hydrogen-bond acceptors (Lipinski definition) is 4. The molecule has 1 heterocycles. The first kappa shape index (κ1) is 18.2. The largest absolute Gasteiger partial charge is 0.492 e. The van der Waals surface area contributed by atoms with Crippen LogP contribution in [0, 0.1) is 5.82 Å². The van der Waals surface area contributed by atoms with Gasteiger partial charge in [0, 0.05) is 10.9 Å². The van der Waals surface area contributed by atoms with Crippen LogP contribution < -0.4 is 15.4 Å². The third-order valence-electron chi connectivity index (χ3n) is 3.07. The molecule has 0 aliphatic heterocycles. The van der Waals surface area contributed by atoms with Gasteiger partial charge in [0.1, 0.15) is 11.6 Å². The molecule has 5 nitrogen and oxygen atoms in total. The highest BCUT2D eigenvalue weighted by Crippen LogP contribution is 2.27. The smallest absolute Gasteiger partial charge is 0.313 e. The number of hydrogen-bond donors (Lipinski definition) is 2. The summed E-state index contributed by atoms with van der Waals surface area (Å²) in [6.45, 7) is 3.78. The molecule has 1 aromatic carbocycles. The van der Waals surface area contributed by atoms with Crippen molar-refractivity contribution in [1.82, 2.24) is 5.32 Å². The van der Waals surface area contributed by atoms with Gasteiger partial charge in [-0.15, -0.1) is 11.3 Å². The van der Waals surface area contributed by atoms with Crippen LogP contribution in [0.4, 0.5) is 10.1 Å². The zero-order valence-corrected chi connectivity index (χ0v) is 14.6. The highest BCUT2D eigenvalue weighted by atomic mass is 35.5. The van der Waals surface area contributed by atoms with Crippen LogP contribution in [0.15, 0.2) is 30.3 Å². The zero-order chi connectivity index (χ0) is 17.7. The summed E-state index contributed by atoms with van der Waals surface area (Å²) in [7, 11) is 0. The van der Waals surface area contributed by atoms with Crippen molar-refractivity contribution in [2.75, 3.05) is 11.9 Å². The normalized spacial score (nSPS) is 11.7. The van der Waals surface area contributed by atoms with Crippen molar-refractivity contribution in [3.63, 3.8) is 0 Å². The Kier molecular flexibility index (Phi) is 6.16. The van der Waals surface area contributed by atoms with Gasteiger partial charge in [-0.1, -0.05) is 11.6 Å².